The summed E-state index contributed by atoms with van der Waals surface area (Å²) in [5.74, 6) is -0.248. The van der Waals surface area contributed by atoms with Crippen molar-refractivity contribution < 1.29 is 9.59 Å². The van der Waals surface area contributed by atoms with Gasteiger partial charge in [0.15, 0.2) is 0 Å². The predicted molar refractivity (Wildman–Crippen MR) is 102 cm³/mol. The highest BCUT2D eigenvalue weighted by molar-refractivity contribution is 6.39. The third-order valence-electron chi connectivity index (χ3n) is 5.14. The fourth-order valence-electron chi connectivity index (χ4n) is 3.64. The van der Waals surface area contributed by atoms with E-state index in [9.17, 15) is 9.59 Å². The maximum atomic E-state index is 12.8. The van der Waals surface area contributed by atoms with Crippen LogP contribution in [-0.4, -0.2) is 39.2 Å². The number of H-pyrrole nitrogens is 1. The molecule has 1 aromatic heterocycles. The van der Waals surface area contributed by atoms with Gasteiger partial charge in [0.05, 0.1) is 12.2 Å². The van der Waals surface area contributed by atoms with Crippen LogP contribution in [0.1, 0.15) is 43.0 Å². The number of aromatic amines is 1. The van der Waals surface area contributed by atoms with Gasteiger partial charge in [-0.2, -0.15) is 10.2 Å². The predicted octanol–water partition coefficient (Wildman–Crippen LogP) is 2.18. The lowest BCUT2D eigenvalue weighted by molar-refractivity contribution is -0.125. The second-order valence-corrected chi connectivity index (χ2v) is 7.05. The number of amides is 2. The van der Waals surface area contributed by atoms with Gasteiger partial charge in [0.2, 0.25) is 5.91 Å². The lowest BCUT2D eigenvalue weighted by atomic mass is 9.99. The van der Waals surface area contributed by atoms with Crippen LogP contribution in [0.5, 0.6) is 0 Å². The molecule has 0 radical (unpaired) electrons. The Labute approximate surface area is 157 Å². The van der Waals surface area contributed by atoms with Crippen molar-refractivity contribution in [2.75, 3.05) is 6.54 Å². The summed E-state index contributed by atoms with van der Waals surface area (Å²) in [6.45, 7) is 3.30. The van der Waals surface area contributed by atoms with E-state index in [1.165, 1.54) is 5.56 Å². The number of hydrogen-bond donors (Lipinski definition) is 2. The summed E-state index contributed by atoms with van der Waals surface area (Å²) in [6.07, 6.45) is 3.63. The van der Waals surface area contributed by atoms with Crippen LogP contribution in [-0.2, 0) is 29.0 Å². The average molecular weight is 365 g/mol. The smallest absolute Gasteiger partial charge is 0.270 e. The van der Waals surface area contributed by atoms with Gasteiger partial charge >= 0.3 is 0 Å². The van der Waals surface area contributed by atoms with Crippen molar-refractivity contribution in [1.29, 1.82) is 0 Å². The lowest BCUT2D eigenvalue weighted by Gasteiger charge is -2.28. The summed E-state index contributed by atoms with van der Waals surface area (Å²) in [7, 11) is 0. The molecule has 0 atom stereocenters. The summed E-state index contributed by atoms with van der Waals surface area (Å²) < 4.78 is 0. The number of aryl methyl sites for hydroxylation is 1. The van der Waals surface area contributed by atoms with Gasteiger partial charge in [-0.25, -0.2) is 5.43 Å². The summed E-state index contributed by atoms with van der Waals surface area (Å²) in [5, 5.41) is 11.6. The molecule has 0 saturated carbocycles. The molecule has 27 heavy (non-hydrogen) atoms. The van der Waals surface area contributed by atoms with E-state index in [0.29, 0.717) is 31.6 Å². The van der Waals surface area contributed by atoms with Gasteiger partial charge in [-0.05, 0) is 12.0 Å². The standard InChI is InChI=1S/C20H23N5O2/c1-2-3-13-4-6-14(7-5-13)19-15-12-25(11-10-16(15)21-24-19)20(27)17-8-9-18(26)23-22-17/h4-7H,2-3,8-12H2,1H3,(H,21,24)(H,23,26). The Balaban J connectivity index is 1.55. The summed E-state index contributed by atoms with van der Waals surface area (Å²) in [6, 6.07) is 8.49. The fraction of sp³-hybridized carbons (Fsp3) is 0.400. The quantitative estimate of drug-likeness (QED) is 0.870. The molecule has 140 valence electrons. The number of nitrogens with zero attached hydrogens (tertiary/aromatic N) is 3. The van der Waals surface area contributed by atoms with E-state index in [1.807, 2.05) is 0 Å². The lowest BCUT2D eigenvalue weighted by Crippen LogP contribution is -2.42. The minimum absolute atomic E-state index is 0.105. The Morgan fingerprint density at radius 3 is 2.70 bits per heavy atom. The van der Waals surface area contributed by atoms with Gasteiger partial charge in [0.25, 0.3) is 5.91 Å². The molecule has 7 heteroatoms. The number of hydrazone groups is 1. The van der Waals surface area contributed by atoms with Crippen LogP contribution in [0.25, 0.3) is 11.3 Å². The molecule has 0 bridgehead atoms. The Morgan fingerprint density at radius 2 is 2.00 bits per heavy atom. The van der Waals surface area contributed by atoms with Crippen molar-refractivity contribution in [3.63, 3.8) is 0 Å². The summed E-state index contributed by atoms with van der Waals surface area (Å²) in [4.78, 5) is 25.8. The minimum atomic E-state index is -0.142. The second-order valence-electron chi connectivity index (χ2n) is 7.05. The molecule has 2 N–H and O–H groups in total. The van der Waals surface area contributed by atoms with Gasteiger partial charge in [-0.15, -0.1) is 0 Å². The van der Waals surface area contributed by atoms with E-state index in [1.54, 1.807) is 4.90 Å². The Kier molecular flexibility index (Phi) is 4.75. The highest BCUT2D eigenvalue weighted by Crippen LogP contribution is 2.29. The minimum Gasteiger partial charge on any atom is -0.333 e. The molecule has 0 saturated heterocycles. The van der Waals surface area contributed by atoms with Crippen LogP contribution in [0.4, 0.5) is 0 Å². The van der Waals surface area contributed by atoms with E-state index >= 15 is 0 Å². The van der Waals surface area contributed by atoms with Gasteiger partial charge in [-0.1, -0.05) is 37.6 Å². The molecule has 0 aliphatic carbocycles. The molecule has 4 rings (SSSR count). The number of benzene rings is 1. The van der Waals surface area contributed by atoms with Crippen molar-refractivity contribution in [2.24, 2.45) is 5.10 Å². The van der Waals surface area contributed by atoms with Crippen LogP contribution < -0.4 is 5.43 Å². The first-order valence-corrected chi connectivity index (χ1v) is 9.45. The third-order valence-corrected chi connectivity index (χ3v) is 5.14. The Bertz CT molecular complexity index is 898. The summed E-state index contributed by atoms with van der Waals surface area (Å²) >= 11 is 0. The van der Waals surface area contributed by atoms with E-state index in [0.717, 1.165) is 41.8 Å². The monoisotopic (exact) mass is 365 g/mol. The van der Waals surface area contributed by atoms with E-state index in [2.05, 4.69) is 51.9 Å². The van der Waals surface area contributed by atoms with Crippen molar-refractivity contribution >= 4 is 17.5 Å². The number of nitrogens with one attached hydrogen (secondary N) is 2. The molecular formula is C20H23N5O2. The van der Waals surface area contributed by atoms with E-state index in [-0.39, 0.29) is 11.8 Å². The van der Waals surface area contributed by atoms with Gasteiger partial charge in [-0.3, -0.25) is 14.7 Å². The topological polar surface area (TPSA) is 90.4 Å². The molecule has 3 heterocycles. The largest absolute Gasteiger partial charge is 0.333 e. The average Bonchev–Trinajstić information content (AvgIpc) is 3.12. The molecule has 2 aliphatic rings. The second kappa shape index (κ2) is 7.34. The molecule has 2 aromatic rings. The zero-order valence-electron chi connectivity index (χ0n) is 15.4. The maximum Gasteiger partial charge on any atom is 0.270 e. The van der Waals surface area contributed by atoms with Crippen LogP contribution in [0, 0.1) is 0 Å². The Hall–Kier alpha value is -2.96. The normalized spacial score (nSPS) is 16.6. The number of rotatable bonds is 4. The molecule has 0 fully saturated rings. The maximum absolute atomic E-state index is 12.8. The van der Waals surface area contributed by atoms with Crippen LogP contribution in [0.3, 0.4) is 0 Å². The number of fused-ring (bicyclic) bond motifs is 1. The summed E-state index contributed by atoms with van der Waals surface area (Å²) in [5.41, 5.74) is 8.27. The number of aromatic nitrogens is 2. The number of hydrogen-bond acceptors (Lipinski definition) is 4. The number of carbonyl (C=O) groups excluding carboxylic acids is 2. The zero-order chi connectivity index (χ0) is 18.8. The molecule has 0 unspecified atom stereocenters. The van der Waals surface area contributed by atoms with Crippen molar-refractivity contribution in [2.45, 2.75) is 45.6 Å². The first-order chi connectivity index (χ1) is 13.2. The molecular weight excluding hydrogens is 342 g/mol. The van der Waals surface area contributed by atoms with Gasteiger partial charge in [0.1, 0.15) is 5.71 Å². The highest BCUT2D eigenvalue weighted by Gasteiger charge is 2.29. The molecule has 2 aliphatic heterocycles. The van der Waals surface area contributed by atoms with Gasteiger partial charge in [0, 0.05) is 42.6 Å². The molecule has 7 nitrogen and oxygen atoms in total. The van der Waals surface area contributed by atoms with Crippen molar-refractivity contribution in [3.05, 3.63) is 41.1 Å². The number of carbonyl (C=O) groups is 2. The first-order valence-electron chi connectivity index (χ1n) is 9.45. The van der Waals surface area contributed by atoms with E-state index < -0.39 is 0 Å². The highest BCUT2D eigenvalue weighted by atomic mass is 16.2. The Morgan fingerprint density at radius 1 is 1.19 bits per heavy atom. The van der Waals surface area contributed by atoms with Crippen LogP contribution in [0.2, 0.25) is 0 Å². The van der Waals surface area contributed by atoms with Crippen LogP contribution in [0.15, 0.2) is 29.4 Å². The van der Waals surface area contributed by atoms with Crippen molar-refractivity contribution in [1.82, 2.24) is 20.5 Å². The van der Waals surface area contributed by atoms with Crippen LogP contribution >= 0.6 is 0 Å². The van der Waals surface area contributed by atoms with Gasteiger partial charge < -0.3 is 4.90 Å². The molecule has 0 spiro atoms. The fourth-order valence-corrected chi connectivity index (χ4v) is 3.64. The molecule has 2 amide bonds. The third kappa shape index (κ3) is 3.49. The van der Waals surface area contributed by atoms with Crippen molar-refractivity contribution in [3.8, 4) is 11.3 Å². The zero-order valence-corrected chi connectivity index (χ0v) is 15.4. The first kappa shape index (κ1) is 17.5. The molecule has 1 aromatic carbocycles. The SMILES string of the molecule is CCCc1ccc(-c2n[nH]c3c2CN(C(=O)C2=NNC(=O)CC2)CC3)cc1. The van der Waals surface area contributed by atoms with E-state index in [4.69, 9.17) is 0 Å².